The van der Waals surface area contributed by atoms with Crippen LogP contribution in [-0.4, -0.2) is 17.1 Å². The van der Waals surface area contributed by atoms with Gasteiger partial charge in [-0.25, -0.2) is 4.39 Å². The van der Waals surface area contributed by atoms with Gasteiger partial charge in [0.1, 0.15) is 12.2 Å². The SMILES string of the molecule is NC(CC(F)c1ccc(C(F)(F)F)cc1)C(=O)O. The number of alkyl halides is 4. The molecule has 0 radical (unpaired) electrons. The van der Waals surface area contributed by atoms with Gasteiger partial charge in [0.15, 0.2) is 0 Å². The maximum Gasteiger partial charge on any atom is 0.416 e. The lowest BCUT2D eigenvalue weighted by atomic mass is 10.0. The summed E-state index contributed by atoms with van der Waals surface area (Å²) in [5.41, 5.74) is 4.22. The van der Waals surface area contributed by atoms with Crippen molar-refractivity contribution in [3.63, 3.8) is 0 Å². The minimum absolute atomic E-state index is 0.0281. The van der Waals surface area contributed by atoms with Gasteiger partial charge in [-0.05, 0) is 17.7 Å². The summed E-state index contributed by atoms with van der Waals surface area (Å²) in [7, 11) is 0. The van der Waals surface area contributed by atoms with Crippen molar-refractivity contribution >= 4 is 5.97 Å². The molecule has 0 aliphatic rings. The summed E-state index contributed by atoms with van der Waals surface area (Å²) in [6, 6.07) is 2.05. The lowest BCUT2D eigenvalue weighted by Gasteiger charge is -2.13. The maximum atomic E-state index is 13.5. The largest absolute Gasteiger partial charge is 0.480 e. The summed E-state index contributed by atoms with van der Waals surface area (Å²) in [6.07, 6.45) is -6.68. The first-order chi connectivity index (χ1) is 8.21. The van der Waals surface area contributed by atoms with Crippen LogP contribution in [0, 0.1) is 0 Å². The molecular weight excluding hydrogens is 254 g/mol. The van der Waals surface area contributed by atoms with Gasteiger partial charge in [0.05, 0.1) is 5.56 Å². The Hall–Kier alpha value is -1.63. The number of hydrogen-bond donors (Lipinski definition) is 2. The second kappa shape index (κ2) is 5.34. The molecule has 18 heavy (non-hydrogen) atoms. The smallest absolute Gasteiger partial charge is 0.416 e. The summed E-state index contributed by atoms with van der Waals surface area (Å²) in [6.45, 7) is 0. The zero-order valence-electron chi connectivity index (χ0n) is 9.12. The van der Waals surface area contributed by atoms with Crippen LogP contribution < -0.4 is 5.73 Å². The molecule has 0 saturated carbocycles. The molecule has 0 heterocycles. The molecule has 7 heteroatoms. The number of carbonyl (C=O) groups is 1. The second-order valence-electron chi connectivity index (χ2n) is 3.77. The minimum Gasteiger partial charge on any atom is -0.480 e. The number of hydrogen-bond acceptors (Lipinski definition) is 2. The van der Waals surface area contributed by atoms with Gasteiger partial charge < -0.3 is 10.8 Å². The van der Waals surface area contributed by atoms with Crippen molar-refractivity contribution in [3.8, 4) is 0 Å². The van der Waals surface area contributed by atoms with Crippen LogP contribution in [0.25, 0.3) is 0 Å². The lowest BCUT2D eigenvalue weighted by Crippen LogP contribution is -2.31. The van der Waals surface area contributed by atoms with Gasteiger partial charge in [-0.2, -0.15) is 13.2 Å². The summed E-state index contributed by atoms with van der Waals surface area (Å²) in [4.78, 5) is 10.4. The molecule has 0 spiro atoms. The Balaban J connectivity index is 2.76. The Labute approximate surface area is 100 Å². The molecule has 0 amide bonds. The third kappa shape index (κ3) is 3.69. The summed E-state index contributed by atoms with van der Waals surface area (Å²) in [5.74, 6) is -1.36. The third-order valence-electron chi connectivity index (χ3n) is 2.38. The fourth-order valence-electron chi connectivity index (χ4n) is 1.34. The van der Waals surface area contributed by atoms with Crippen LogP contribution in [0.1, 0.15) is 23.7 Å². The fourth-order valence-corrected chi connectivity index (χ4v) is 1.34. The van der Waals surface area contributed by atoms with Crippen molar-refractivity contribution in [1.29, 1.82) is 0 Å². The van der Waals surface area contributed by atoms with Crippen LogP contribution in [0.15, 0.2) is 24.3 Å². The molecule has 3 N–H and O–H groups in total. The van der Waals surface area contributed by atoms with Crippen molar-refractivity contribution in [1.82, 2.24) is 0 Å². The average Bonchev–Trinajstić information content (AvgIpc) is 2.27. The topological polar surface area (TPSA) is 63.3 Å². The Kier molecular flexibility index (Phi) is 4.28. The van der Waals surface area contributed by atoms with E-state index in [2.05, 4.69) is 0 Å². The highest BCUT2D eigenvalue weighted by Gasteiger charge is 2.30. The van der Waals surface area contributed by atoms with Gasteiger partial charge >= 0.3 is 12.1 Å². The van der Waals surface area contributed by atoms with Gasteiger partial charge in [0.25, 0.3) is 0 Å². The number of aliphatic carboxylic acids is 1. The van der Waals surface area contributed by atoms with Crippen molar-refractivity contribution < 1.29 is 27.5 Å². The van der Waals surface area contributed by atoms with E-state index in [0.29, 0.717) is 0 Å². The monoisotopic (exact) mass is 265 g/mol. The van der Waals surface area contributed by atoms with E-state index in [4.69, 9.17) is 10.8 Å². The van der Waals surface area contributed by atoms with Crippen molar-refractivity contribution in [2.75, 3.05) is 0 Å². The number of halogens is 4. The quantitative estimate of drug-likeness (QED) is 0.822. The Bertz CT molecular complexity index is 416. The van der Waals surface area contributed by atoms with Gasteiger partial charge in [-0.15, -0.1) is 0 Å². The molecule has 100 valence electrons. The Morgan fingerprint density at radius 1 is 1.28 bits per heavy atom. The predicted molar refractivity (Wildman–Crippen MR) is 55.5 cm³/mol. The number of nitrogens with two attached hydrogens (primary N) is 1. The molecule has 2 atom stereocenters. The Morgan fingerprint density at radius 2 is 1.78 bits per heavy atom. The zero-order valence-corrected chi connectivity index (χ0v) is 9.12. The summed E-state index contributed by atoms with van der Waals surface area (Å²) < 4.78 is 50.3. The normalized spacial score (nSPS) is 15.2. The molecule has 1 rings (SSSR count). The van der Waals surface area contributed by atoms with Crippen LogP contribution in [-0.2, 0) is 11.0 Å². The van der Waals surface area contributed by atoms with E-state index in [1.807, 2.05) is 0 Å². The number of carboxylic acids is 1. The highest BCUT2D eigenvalue weighted by Crippen LogP contribution is 2.31. The maximum absolute atomic E-state index is 13.5. The molecule has 3 nitrogen and oxygen atoms in total. The van der Waals surface area contributed by atoms with E-state index in [1.54, 1.807) is 0 Å². The van der Waals surface area contributed by atoms with E-state index in [1.165, 1.54) is 0 Å². The molecule has 1 aromatic carbocycles. The number of benzene rings is 1. The van der Waals surface area contributed by atoms with E-state index in [9.17, 15) is 22.4 Å². The highest BCUT2D eigenvalue weighted by molar-refractivity contribution is 5.73. The number of rotatable bonds is 4. The molecule has 0 fully saturated rings. The third-order valence-corrected chi connectivity index (χ3v) is 2.38. The van der Waals surface area contributed by atoms with E-state index >= 15 is 0 Å². The summed E-state index contributed by atoms with van der Waals surface area (Å²) in [5, 5.41) is 8.49. The minimum atomic E-state index is -4.48. The van der Waals surface area contributed by atoms with Crippen molar-refractivity contribution in [2.45, 2.75) is 24.8 Å². The van der Waals surface area contributed by atoms with Crippen LogP contribution >= 0.6 is 0 Å². The molecule has 2 unspecified atom stereocenters. The van der Waals surface area contributed by atoms with E-state index in [0.717, 1.165) is 24.3 Å². The van der Waals surface area contributed by atoms with E-state index < -0.39 is 36.3 Å². The average molecular weight is 265 g/mol. The first kappa shape index (κ1) is 14.4. The first-order valence-electron chi connectivity index (χ1n) is 5.01. The van der Waals surface area contributed by atoms with Crippen LogP contribution in [0.4, 0.5) is 17.6 Å². The standard InChI is InChI=1S/C11H11F4NO2/c12-8(5-9(16)10(17)18)6-1-3-7(4-2-6)11(13,14)15/h1-4,8-9H,5,16H2,(H,17,18). The fraction of sp³-hybridized carbons (Fsp3) is 0.364. The van der Waals surface area contributed by atoms with Gasteiger partial charge in [0, 0.05) is 6.42 Å². The second-order valence-corrected chi connectivity index (χ2v) is 3.77. The molecule has 0 aromatic heterocycles. The Morgan fingerprint density at radius 3 is 2.17 bits per heavy atom. The van der Waals surface area contributed by atoms with Crippen LogP contribution in [0.5, 0.6) is 0 Å². The van der Waals surface area contributed by atoms with Gasteiger partial charge in [-0.1, -0.05) is 12.1 Å². The lowest BCUT2D eigenvalue weighted by molar-refractivity contribution is -0.139. The molecule has 0 saturated heterocycles. The molecule has 0 bridgehead atoms. The van der Waals surface area contributed by atoms with Gasteiger partial charge in [0.2, 0.25) is 0 Å². The molecule has 0 aliphatic heterocycles. The van der Waals surface area contributed by atoms with Crippen LogP contribution in [0.2, 0.25) is 0 Å². The predicted octanol–water partition coefficient (Wildman–Crippen LogP) is 2.52. The molecule has 1 aromatic rings. The van der Waals surface area contributed by atoms with Crippen molar-refractivity contribution in [3.05, 3.63) is 35.4 Å². The van der Waals surface area contributed by atoms with Gasteiger partial charge in [-0.3, -0.25) is 4.79 Å². The molecule has 0 aliphatic carbocycles. The van der Waals surface area contributed by atoms with Crippen molar-refractivity contribution in [2.24, 2.45) is 5.73 Å². The highest BCUT2D eigenvalue weighted by atomic mass is 19.4. The summed E-state index contributed by atoms with van der Waals surface area (Å²) >= 11 is 0. The van der Waals surface area contributed by atoms with Crippen LogP contribution in [0.3, 0.4) is 0 Å². The first-order valence-corrected chi connectivity index (χ1v) is 5.01. The molecular formula is C11H11F4NO2. The van der Waals surface area contributed by atoms with E-state index in [-0.39, 0.29) is 5.56 Å². The number of carboxylic acid groups (broad SMARTS) is 1. The zero-order chi connectivity index (χ0) is 13.9.